The van der Waals surface area contributed by atoms with Gasteiger partial charge in [-0.05, 0) is 17.7 Å². The Morgan fingerprint density at radius 2 is 2.31 bits per heavy atom. The largest absolute Gasteiger partial charge is 0.497 e. The molecule has 0 amide bonds. The van der Waals surface area contributed by atoms with Gasteiger partial charge < -0.3 is 14.4 Å². The van der Waals surface area contributed by atoms with Crippen LogP contribution in [0, 0.1) is 0 Å². The molecule has 0 radical (unpaired) electrons. The molecule has 2 aromatic rings. The van der Waals surface area contributed by atoms with Crippen molar-refractivity contribution in [3.05, 3.63) is 42.0 Å². The normalized spacial score (nSPS) is 10.4. The first-order chi connectivity index (χ1) is 7.83. The first kappa shape index (κ1) is 10.6. The lowest BCUT2D eigenvalue weighted by atomic mass is 10.2. The molecule has 5 nitrogen and oxygen atoms in total. The third-order valence-corrected chi connectivity index (χ3v) is 2.32. The van der Waals surface area contributed by atoms with E-state index >= 15 is 0 Å². The lowest BCUT2D eigenvalue weighted by Gasteiger charge is -2.06. The summed E-state index contributed by atoms with van der Waals surface area (Å²) in [5.41, 5.74) is 1.08. The van der Waals surface area contributed by atoms with Gasteiger partial charge in [-0.1, -0.05) is 12.1 Å². The number of nitrogens with zero attached hydrogens (tertiary/aromatic N) is 3. The molecule has 2 rings (SSSR count). The first-order valence-electron chi connectivity index (χ1n) is 4.94. The summed E-state index contributed by atoms with van der Waals surface area (Å²) in [6.45, 7) is 0.518. The minimum atomic E-state index is -0.107. The van der Waals surface area contributed by atoms with E-state index < -0.39 is 0 Å². The van der Waals surface area contributed by atoms with Crippen LogP contribution >= 0.6 is 0 Å². The lowest BCUT2D eigenvalue weighted by molar-refractivity contribution is 0.265. The monoisotopic (exact) mass is 219 g/mol. The fraction of sp³-hybridized carbons (Fsp3) is 0.273. The molecule has 0 saturated carbocycles. The lowest BCUT2D eigenvalue weighted by Crippen LogP contribution is -2.04. The zero-order chi connectivity index (χ0) is 11.4. The summed E-state index contributed by atoms with van der Waals surface area (Å²) < 4.78 is 6.94. The number of aromatic nitrogens is 3. The Morgan fingerprint density at radius 3 is 3.06 bits per heavy atom. The molecule has 0 bridgehead atoms. The second-order valence-corrected chi connectivity index (χ2v) is 3.38. The number of ether oxygens (including phenoxy) is 1. The minimum absolute atomic E-state index is 0.107. The van der Waals surface area contributed by atoms with Crippen molar-refractivity contribution < 1.29 is 9.84 Å². The third-order valence-electron chi connectivity index (χ3n) is 2.32. The number of aliphatic hydroxyl groups excluding tert-OH is 1. The van der Waals surface area contributed by atoms with E-state index in [1.54, 1.807) is 18.0 Å². The maximum atomic E-state index is 9.04. The first-order valence-corrected chi connectivity index (χ1v) is 4.94. The third kappa shape index (κ3) is 2.20. The molecule has 1 aromatic heterocycles. The van der Waals surface area contributed by atoms with E-state index in [0.717, 1.165) is 11.3 Å². The SMILES string of the molecule is COc1cccc(Cn2cnnc2CO)c1. The van der Waals surface area contributed by atoms with E-state index in [9.17, 15) is 0 Å². The number of rotatable bonds is 4. The van der Waals surface area contributed by atoms with Crippen LogP contribution in [0.4, 0.5) is 0 Å². The summed E-state index contributed by atoms with van der Waals surface area (Å²) >= 11 is 0. The van der Waals surface area contributed by atoms with Gasteiger partial charge in [0.05, 0.1) is 13.7 Å². The molecule has 84 valence electrons. The Hall–Kier alpha value is -1.88. The molecular formula is C11H13N3O2. The molecule has 0 aliphatic rings. The Morgan fingerprint density at radius 1 is 1.44 bits per heavy atom. The Balaban J connectivity index is 2.20. The molecule has 16 heavy (non-hydrogen) atoms. The molecule has 0 atom stereocenters. The Labute approximate surface area is 93.3 Å². The quantitative estimate of drug-likeness (QED) is 0.827. The molecule has 0 aliphatic heterocycles. The average Bonchev–Trinajstić information content (AvgIpc) is 2.76. The van der Waals surface area contributed by atoms with Gasteiger partial charge >= 0.3 is 0 Å². The average molecular weight is 219 g/mol. The van der Waals surface area contributed by atoms with E-state index in [-0.39, 0.29) is 6.61 Å². The van der Waals surface area contributed by atoms with Gasteiger partial charge in [0.25, 0.3) is 0 Å². The highest BCUT2D eigenvalue weighted by Crippen LogP contribution is 2.13. The molecule has 0 saturated heterocycles. The number of aliphatic hydroxyl groups is 1. The summed E-state index contributed by atoms with van der Waals surface area (Å²) in [7, 11) is 1.64. The highest BCUT2D eigenvalue weighted by Gasteiger charge is 2.03. The zero-order valence-electron chi connectivity index (χ0n) is 9.00. The summed E-state index contributed by atoms with van der Waals surface area (Å²) in [5.74, 6) is 1.37. The van der Waals surface area contributed by atoms with Crippen molar-refractivity contribution in [1.29, 1.82) is 0 Å². The molecule has 1 aromatic carbocycles. The molecule has 1 N–H and O–H groups in total. The Bertz CT molecular complexity index is 468. The van der Waals surface area contributed by atoms with Crippen molar-refractivity contribution in [3.8, 4) is 5.75 Å². The molecule has 0 aliphatic carbocycles. The van der Waals surface area contributed by atoms with Crippen LogP contribution in [0.25, 0.3) is 0 Å². The van der Waals surface area contributed by atoms with Crippen LogP contribution < -0.4 is 4.74 Å². The highest BCUT2D eigenvalue weighted by atomic mass is 16.5. The summed E-state index contributed by atoms with van der Waals surface area (Å²) in [5, 5.41) is 16.6. The predicted octanol–water partition coefficient (Wildman–Crippen LogP) is 0.827. The van der Waals surface area contributed by atoms with Crippen molar-refractivity contribution in [2.24, 2.45) is 0 Å². The van der Waals surface area contributed by atoms with Gasteiger partial charge in [-0.25, -0.2) is 0 Å². The van der Waals surface area contributed by atoms with Crippen LogP contribution in [0.15, 0.2) is 30.6 Å². The van der Waals surface area contributed by atoms with Gasteiger partial charge in [0.2, 0.25) is 0 Å². The Kier molecular flexibility index (Phi) is 3.16. The smallest absolute Gasteiger partial charge is 0.158 e. The van der Waals surface area contributed by atoms with Crippen LogP contribution in [-0.4, -0.2) is 27.0 Å². The van der Waals surface area contributed by atoms with Gasteiger partial charge in [-0.15, -0.1) is 10.2 Å². The highest BCUT2D eigenvalue weighted by molar-refractivity contribution is 5.28. The number of methoxy groups -OCH3 is 1. The van der Waals surface area contributed by atoms with Crippen LogP contribution in [0.1, 0.15) is 11.4 Å². The number of hydrogen-bond donors (Lipinski definition) is 1. The van der Waals surface area contributed by atoms with Crippen LogP contribution in [-0.2, 0) is 13.2 Å². The van der Waals surface area contributed by atoms with Crippen molar-refractivity contribution in [2.75, 3.05) is 7.11 Å². The van der Waals surface area contributed by atoms with Gasteiger partial charge in [-0.3, -0.25) is 0 Å². The van der Waals surface area contributed by atoms with E-state index in [0.29, 0.717) is 12.4 Å². The van der Waals surface area contributed by atoms with E-state index in [1.165, 1.54) is 0 Å². The fourth-order valence-corrected chi connectivity index (χ4v) is 1.50. The predicted molar refractivity (Wildman–Crippen MR) is 58.0 cm³/mol. The summed E-state index contributed by atoms with van der Waals surface area (Å²) in [4.78, 5) is 0. The molecular weight excluding hydrogens is 206 g/mol. The molecule has 0 fully saturated rings. The standard InChI is InChI=1S/C11H13N3O2/c1-16-10-4-2-3-9(5-10)6-14-8-12-13-11(14)7-15/h2-5,8,15H,6-7H2,1H3. The van der Waals surface area contributed by atoms with Crippen LogP contribution in [0.2, 0.25) is 0 Å². The minimum Gasteiger partial charge on any atom is -0.497 e. The van der Waals surface area contributed by atoms with Crippen LogP contribution in [0.3, 0.4) is 0 Å². The number of hydrogen-bond acceptors (Lipinski definition) is 4. The zero-order valence-corrected chi connectivity index (χ0v) is 9.00. The van der Waals surface area contributed by atoms with E-state index in [4.69, 9.17) is 9.84 Å². The van der Waals surface area contributed by atoms with E-state index in [2.05, 4.69) is 10.2 Å². The molecule has 0 spiro atoms. The summed E-state index contributed by atoms with van der Waals surface area (Å²) in [6, 6.07) is 7.75. The molecule has 0 unspecified atom stereocenters. The van der Waals surface area contributed by atoms with Crippen molar-refractivity contribution in [2.45, 2.75) is 13.2 Å². The van der Waals surface area contributed by atoms with Crippen molar-refractivity contribution in [1.82, 2.24) is 14.8 Å². The van der Waals surface area contributed by atoms with Gasteiger partial charge in [0, 0.05) is 0 Å². The second-order valence-electron chi connectivity index (χ2n) is 3.38. The number of benzene rings is 1. The maximum absolute atomic E-state index is 9.04. The van der Waals surface area contributed by atoms with Crippen molar-refractivity contribution >= 4 is 0 Å². The van der Waals surface area contributed by atoms with Crippen LogP contribution in [0.5, 0.6) is 5.75 Å². The second kappa shape index (κ2) is 4.76. The topological polar surface area (TPSA) is 60.2 Å². The van der Waals surface area contributed by atoms with Crippen molar-refractivity contribution in [3.63, 3.8) is 0 Å². The molecule has 5 heteroatoms. The molecule has 1 heterocycles. The summed E-state index contributed by atoms with van der Waals surface area (Å²) in [6.07, 6.45) is 1.60. The van der Waals surface area contributed by atoms with Gasteiger partial charge in [0.1, 0.15) is 18.7 Å². The fourth-order valence-electron chi connectivity index (χ4n) is 1.50. The van der Waals surface area contributed by atoms with Gasteiger partial charge in [-0.2, -0.15) is 0 Å². The van der Waals surface area contributed by atoms with E-state index in [1.807, 2.05) is 24.3 Å². The van der Waals surface area contributed by atoms with Gasteiger partial charge in [0.15, 0.2) is 5.82 Å². The maximum Gasteiger partial charge on any atom is 0.158 e.